The standard InChI is InChI=1S/C12H21N3O/c1-10(2)16-7-5-4-6-13-12-14-8-11(3)9-15-12/h8-10H,4-7H2,1-3H3,(H,13,14,15). The van der Waals surface area contributed by atoms with Crippen molar-refractivity contribution in [1.82, 2.24) is 9.97 Å². The van der Waals surface area contributed by atoms with Crippen LogP contribution in [0.5, 0.6) is 0 Å². The molecule has 0 saturated carbocycles. The lowest BCUT2D eigenvalue weighted by molar-refractivity contribution is 0.0765. The molecule has 0 aromatic carbocycles. The number of rotatable bonds is 7. The van der Waals surface area contributed by atoms with Gasteiger partial charge in [-0.3, -0.25) is 0 Å². The average molecular weight is 223 g/mol. The van der Waals surface area contributed by atoms with Gasteiger partial charge in [-0.2, -0.15) is 0 Å². The Balaban J connectivity index is 2.05. The summed E-state index contributed by atoms with van der Waals surface area (Å²) in [5, 5.41) is 3.18. The molecule has 0 amide bonds. The Morgan fingerprint density at radius 3 is 2.56 bits per heavy atom. The smallest absolute Gasteiger partial charge is 0.222 e. The Bertz CT molecular complexity index is 285. The number of nitrogens with zero attached hydrogens (tertiary/aromatic N) is 2. The highest BCUT2D eigenvalue weighted by Crippen LogP contribution is 2.00. The van der Waals surface area contributed by atoms with Crippen LogP contribution < -0.4 is 5.32 Å². The third-order valence-corrected chi connectivity index (χ3v) is 2.09. The second kappa shape index (κ2) is 7.17. The molecule has 4 nitrogen and oxygen atoms in total. The van der Waals surface area contributed by atoms with Crippen molar-refractivity contribution in [2.45, 2.75) is 39.7 Å². The fourth-order valence-electron chi connectivity index (χ4n) is 1.23. The fraction of sp³-hybridized carbons (Fsp3) is 0.667. The zero-order valence-corrected chi connectivity index (χ0v) is 10.4. The Morgan fingerprint density at radius 1 is 1.25 bits per heavy atom. The van der Waals surface area contributed by atoms with Crippen LogP contribution in [0.2, 0.25) is 0 Å². The first-order chi connectivity index (χ1) is 7.68. The minimum Gasteiger partial charge on any atom is -0.379 e. The highest BCUT2D eigenvalue weighted by Gasteiger charge is 1.95. The summed E-state index contributed by atoms with van der Waals surface area (Å²) in [6, 6.07) is 0. The van der Waals surface area contributed by atoms with E-state index in [1.807, 2.05) is 19.3 Å². The van der Waals surface area contributed by atoms with Gasteiger partial charge in [-0.05, 0) is 39.2 Å². The van der Waals surface area contributed by atoms with Gasteiger partial charge < -0.3 is 10.1 Å². The normalized spacial score (nSPS) is 10.8. The maximum absolute atomic E-state index is 5.45. The second-order valence-electron chi connectivity index (χ2n) is 4.14. The molecule has 0 fully saturated rings. The SMILES string of the molecule is Cc1cnc(NCCCCOC(C)C)nc1. The quantitative estimate of drug-likeness (QED) is 0.721. The third kappa shape index (κ3) is 5.66. The summed E-state index contributed by atoms with van der Waals surface area (Å²) in [5.41, 5.74) is 1.08. The summed E-state index contributed by atoms with van der Waals surface area (Å²) in [6.07, 6.45) is 6.10. The van der Waals surface area contributed by atoms with Crippen LogP contribution in [0.15, 0.2) is 12.4 Å². The molecule has 0 unspecified atom stereocenters. The lowest BCUT2D eigenvalue weighted by Gasteiger charge is -2.07. The average Bonchev–Trinajstić information content (AvgIpc) is 2.25. The first-order valence-electron chi connectivity index (χ1n) is 5.82. The van der Waals surface area contributed by atoms with Crippen molar-refractivity contribution in [1.29, 1.82) is 0 Å². The molecular formula is C12H21N3O. The van der Waals surface area contributed by atoms with Crippen LogP contribution in [0.3, 0.4) is 0 Å². The minimum atomic E-state index is 0.327. The summed E-state index contributed by atoms with van der Waals surface area (Å²) >= 11 is 0. The van der Waals surface area contributed by atoms with Crippen LogP contribution in [0, 0.1) is 6.92 Å². The van der Waals surface area contributed by atoms with Gasteiger partial charge in [-0.1, -0.05) is 0 Å². The van der Waals surface area contributed by atoms with Crippen molar-refractivity contribution in [3.63, 3.8) is 0 Å². The molecule has 0 aliphatic carbocycles. The van der Waals surface area contributed by atoms with E-state index < -0.39 is 0 Å². The number of ether oxygens (including phenoxy) is 1. The van der Waals surface area contributed by atoms with E-state index in [0.29, 0.717) is 12.1 Å². The number of unbranched alkanes of at least 4 members (excludes halogenated alkanes) is 1. The van der Waals surface area contributed by atoms with Gasteiger partial charge in [0.15, 0.2) is 0 Å². The summed E-state index contributed by atoms with van der Waals surface area (Å²) in [6.45, 7) is 7.81. The Labute approximate surface area is 97.5 Å². The van der Waals surface area contributed by atoms with Crippen LogP contribution >= 0.6 is 0 Å². The third-order valence-electron chi connectivity index (χ3n) is 2.09. The maximum atomic E-state index is 5.45. The molecule has 1 aromatic rings. The topological polar surface area (TPSA) is 47.0 Å². The molecule has 1 rings (SSSR count). The van der Waals surface area contributed by atoms with Crippen molar-refractivity contribution >= 4 is 5.95 Å². The van der Waals surface area contributed by atoms with Gasteiger partial charge in [0, 0.05) is 25.5 Å². The van der Waals surface area contributed by atoms with Crippen LogP contribution in [0.4, 0.5) is 5.95 Å². The molecule has 0 spiro atoms. The number of nitrogens with one attached hydrogen (secondary N) is 1. The molecule has 0 bridgehead atoms. The summed E-state index contributed by atoms with van der Waals surface area (Å²) in [4.78, 5) is 8.34. The molecule has 0 aliphatic rings. The molecular weight excluding hydrogens is 202 g/mol. The van der Waals surface area contributed by atoms with E-state index in [9.17, 15) is 0 Å². The van der Waals surface area contributed by atoms with Gasteiger partial charge in [0.25, 0.3) is 0 Å². The van der Waals surface area contributed by atoms with Crippen molar-refractivity contribution in [2.24, 2.45) is 0 Å². The van der Waals surface area contributed by atoms with Gasteiger partial charge in [0.1, 0.15) is 0 Å². The summed E-state index contributed by atoms with van der Waals surface area (Å²) in [7, 11) is 0. The largest absolute Gasteiger partial charge is 0.379 e. The molecule has 90 valence electrons. The van der Waals surface area contributed by atoms with E-state index in [4.69, 9.17) is 4.74 Å². The number of aromatic nitrogens is 2. The number of hydrogen-bond donors (Lipinski definition) is 1. The molecule has 1 aromatic heterocycles. The number of aryl methyl sites for hydroxylation is 1. The van der Waals surface area contributed by atoms with E-state index in [-0.39, 0.29) is 0 Å². The van der Waals surface area contributed by atoms with E-state index in [1.54, 1.807) is 0 Å². The van der Waals surface area contributed by atoms with Gasteiger partial charge in [0.05, 0.1) is 6.10 Å². The van der Waals surface area contributed by atoms with Gasteiger partial charge in [0.2, 0.25) is 5.95 Å². The van der Waals surface area contributed by atoms with Crippen LogP contribution in [-0.2, 0) is 4.74 Å². The molecule has 0 atom stereocenters. The minimum absolute atomic E-state index is 0.327. The maximum Gasteiger partial charge on any atom is 0.222 e. The first-order valence-corrected chi connectivity index (χ1v) is 5.82. The van der Waals surface area contributed by atoms with E-state index in [2.05, 4.69) is 29.1 Å². The summed E-state index contributed by atoms with van der Waals surface area (Å²) < 4.78 is 5.45. The van der Waals surface area contributed by atoms with E-state index >= 15 is 0 Å². The van der Waals surface area contributed by atoms with Gasteiger partial charge in [-0.15, -0.1) is 0 Å². The second-order valence-corrected chi connectivity index (χ2v) is 4.14. The monoisotopic (exact) mass is 223 g/mol. The van der Waals surface area contributed by atoms with E-state index in [0.717, 1.165) is 31.6 Å². The number of anilines is 1. The molecule has 16 heavy (non-hydrogen) atoms. The molecule has 0 aliphatic heterocycles. The first kappa shape index (κ1) is 12.9. The predicted octanol–water partition coefficient (Wildman–Crippen LogP) is 2.40. The molecule has 0 saturated heterocycles. The molecule has 1 N–H and O–H groups in total. The zero-order chi connectivity index (χ0) is 11.8. The number of hydrogen-bond acceptors (Lipinski definition) is 4. The molecule has 0 radical (unpaired) electrons. The molecule has 1 heterocycles. The Morgan fingerprint density at radius 2 is 1.94 bits per heavy atom. The lowest BCUT2D eigenvalue weighted by Crippen LogP contribution is -2.08. The van der Waals surface area contributed by atoms with E-state index in [1.165, 1.54) is 0 Å². The predicted molar refractivity (Wildman–Crippen MR) is 65.6 cm³/mol. The summed E-state index contributed by atoms with van der Waals surface area (Å²) in [5.74, 6) is 0.704. The Kier molecular flexibility index (Phi) is 5.78. The van der Waals surface area contributed by atoms with Crippen LogP contribution in [0.1, 0.15) is 32.3 Å². The fourth-order valence-corrected chi connectivity index (χ4v) is 1.23. The van der Waals surface area contributed by atoms with Crippen LogP contribution in [-0.4, -0.2) is 29.2 Å². The Hall–Kier alpha value is -1.16. The molecule has 4 heteroatoms. The van der Waals surface area contributed by atoms with Gasteiger partial charge >= 0.3 is 0 Å². The van der Waals surface area contributed by atoms with Crippen molar-refractivity contribution < 1.29 is 4.74 Å². The highest BCUT2D eigenvalue weighted by atomic mass is 16.5. The highest BCUT2D eigenvalue weighted by molar-refractivity contribution is 5.23. The van der Waals surface area contributed by atoms with Crippen molar-refractivity contribution in [3.05, 3.63) is 18.0 Å². The van der Waals surface area contributed by atoms with Crippen molar-refractivity contribution in [2.75, 3.05) is 18.5 Å². The van der Waals surface area contributed by atoms with Crippen LogP contribution in [0.25, 0.3) is 0 Å². The van der Waals surface area contributed by atoms with Gasteiger partial charge in [-0.25, -0.2) is 9.97 Å². The lowest BCUT2D eigenvalue weighted by atomic mass is 10.3. The van der Waals surface area contributed by atoms with Crippen molar-refractivity contribution in [3.8, 4) is 0 Å². The zero-order valence-electron chi connectivity index (χ0n) is 10.4.